The Labute approximate surface area is 75.8 Å². The normalized spacial score (nSPS) is 10.6. The van der Waals surface area contributed by atoms with Crippen LogP contribution in [-0.4, -0.2) is 12.2 Å². The van der Waals surface area contributed by atoms with Gasteiger partial charge in [0.2, 0.25) is 0 Å². The van der Waals surface area contributed by atoms with E-state index in [2.05, 4.69) is 10.4 Å². The maximum absolute atomic E-state index is 9.22. The summed E-state index contributed by atoms with van der Waals surface area (Å²) in [4.78, 5) is 4.94. The van der Waals surface area contributed by atoms with Crippen LogP contribution in [0.2, 0.25) is 0 Å². The van der Waals surface area contributed by atoms with Gasteiger partial charge < -0.3 is 15.7 Å². The molecular formula is C8H12N3O2+. The Morgan fingerprint density at radius 2 is 2.23 bits per heavy atom. The zero-order valence-corrected chi connectivity index (χ0v) is 7.53. The van der Waals surface area contributed by atoms with Gasteiger partial charge in [-0.3, -0.25) is 0 Å². The molecule has 0 spiro atoms. The first-order valence-electron chi connectivity index (χ1n) is 3.78. The van der Waals surface area contributed by atoms with Gasteiger partial charge in [-0.1, -0.05) is 0 Å². The van der Waals surface area contributed by atoms with Crippen LogP contribution in [0.1, 0.15) is 5.56 Å². The summed E-state index contributed by atoms with van der Waals surface area (Å²) >= 11 is 0. The van der Waals surface area contributed by atoms with Crippen LogP contribution in [0.5, 0.6) is 11.5 Å². The van der Waals surface area contributed by atoms with Crippen LogP contribution < -0.4 is 15.7 Å². The van der Waals surface area contributed by atoms with Crippen LogP contribution in [0.25, 0.3) is 0 Å². The zero-order chi connectivity index (χ0) is 9.84. The molecule has 0 saturated heterocycles. The van der Waals surface area contributed by atoms with E-state index in [4.69, 9.17) is 10.6 Å². The van der Waals surface area contributed by atoms with E-state index in [0.717, 1.165) is 0 Å². The molecule has 0 aromatic heterocycles. The van der Waals surface area contributed by atoms with Gasteiger partial charge in [0, 0.05) is 5.56 Å². The molecule has 4 N–H and O–H groups in total. The molecule has 5 heteroatoms. The highest BCUT2D eigenvalue weighted by Crippen LogP contribution is 2.30. The van der Waals surface area contributed by atoms with E-state index >= 15 is 0 Å². The van der Waals surface area contributed by atoms with Crippen molar-refractivity contribution in [2.24, 2.45) is 5.28 Å². The van der Waals surface area contributed by atoms with Gasteiger partial charge in [0.1, 0.15) is 5.75 Å². The molecule has 0 bridgehead atoms. The lowest BCUT2D eigenvalue weighted by Crippen LogP contribution is -2.59. The first-order chi connectivity index (χ1) is 6.16. The van der Waals surface area contributed by atoms with Gasteiger partial charge in [-0.05, 0) is 19.1 Å². The SMILES string of the molecule is C[NH+]=NOc1ccc(O)c(N)c1C. The van der Waals surface area contributed by atoms with E-state index in [0.29, 0.717) is 17.0 Å². The average Bonchev–Trinajstić information content (AvgIpc) is 2.13. The third-order valence-electron chi connectivity index (χ3n) is 1.68. The fourth-order valence-electron chi connectivity index (χ4n) is 0.888. The number of hydrogen-bond acceptors (Lipinski definition) is 4. The number of nitrogen functional groups attached to an aromatic ring is 1. The number of aromatic hydroxyl groups is 1. The zero-order valence-electron chi connectivity index (χ0n) is 7.53. The molecule has 0 heterocycles. The summed E-state index contributed by atoms with van der Waals surface area (Å²) in [6, 6.07) is 3.06. The van der Waals surface area contributed by atoms with Crippen molar-refractivity contribution in [2.75, 3.05) is 12.8 Å². The Kier molecular flexibility index (Phi) is 2.69. The number of benzene rings is 1. The fraction of sp³-hybridized carbons (Fsp3) is 0.250. The maximum Gasteiger partial charge on any atom is 0.190 e. The fourth-order valence-corrected chi connectivity index (χ4v) is 0.888. The van der Waals surface area contributed by atoms with Crippen molar-refractivity contribution in [2.45, 2.75) is 6.92 Å². The Bertz CT molecular complexity index is 336. The number of hydrogen-bond donors (Lipinski definition) is 3. The van der Waals surface area contributed by atoms with Crippen molar-refractivity contribution in [1.82, 2.24) is 0 Å². The smallest absolute Gasteiger partial charge is 0.190 e. The molecule has 1 rings (SSSR count). The molecule has 1 aromatic carbocycles. The van der Waals surface area contributed by atoms with Crippen molar-refractivity contribution >= 4 is 5.69 Å². The van der Waals surface area contributed by atoms with Crippen molar-refractivity contribution < 1.29 is 15.1 Å². The molecule has 0 amide bonds. The topological polar surface area (TPSA) is 81.8 Å². The van der Waals surface area contributed by atoms with Crippen molar-refractivity contribution in [3.63, 3.8) is 0 Å². The van der Waals surface area contributed by atoms with Crippen LogP contribution in [0.3, 0.4) is 0 Å². The predicted octanol–water partition coefficient (Wildman–Crippen LogP) is -0.261. The summed E-state index contributed by atoms with van der Waals surface area (Å²) in [6.07, 6.45) is 0. The Morgan fingerprint density at radius 3 is 2.85 bits per heavy atom. The first-order valence-corrected chi connectivity index (χ1v) is 3.78. The standard InChI is InChI=1S/C8H11N3O2/c1-5-7(13-11-10-2)4-3-6(12)8(5)9/h3-4,12H,9H2,1-2H3/p+1. The molecule has 0 radical (unpaired) electrons. The third-order valence-corrected chi connectivity index (χ3v) is 1.68. The second-order valence-electron chi connectivity index (χ2n) is 2.53. The average molecular weight is 182 g/mol. The molecule has 1 aromatic rings. The minimum atomic E-state index is 0.0503. The minimum absolute atomic E-state index is 0.0503. The highest BCUT2D eigenvalue weighted by Gasteiger charge is 2.07. The van der Waals surface area contributed by atoms with E-state index < -0.39 is 0 Å². The van der Waals surface area contributed by atoms with E-state index in [-0.39, 0.29) is 5.75 Å². The van der Waals surface area contributed by atoms with Gasteiger partial charge in [-0.2, -0.15) is 0 Å². The molecule has 70 valence electrons. The number of nitrogens with one attached hydrogen (secondary N) is 1. The second-order valence-corrected chi connectivity index (χ2v) is 2.53. The largest absolute Gasteiger partial charge is 0.506 e. The number of rotatable bonds is 2. The molecule has 0 aliphatic rings. The summed E-state index contributed by atoms with van der Waals surface area (Å²) in [5.41, 5.74) is 6.54. The first kappa shape index (κ1) is 9.31. The highest BCUT2D eigenvalue weighted by atomic mass is 16.6. The summed E-state index contributed by atoms with van der Waals surface area (Å²) in [6.45, 7) is 1.75. The molecule has 0 fully saturated rings. The van der Waals surface area contributed by atoms with Gasteiger partial charge in [-0.25, -0.2) is 0 Å². The molecular weight excluding hydrogens is 170 g/mol. The van der Waals surface area contributed by atoms with E-state index in [1.807, 2.05) is 0 Å². The van der Waals surface area contributed by atoms with E-state index in [1.165, 1.54) is 6.07 Å². The number of nitrogens with two attached hydrogens (primary N) is 1. The lowest BCUT2D eigenvalue weighted by molar-refractivity contribution is -0.525. The Morgan fingerprint density at radius 1 is 1.54 bits per heavy atom. The van der Waals surface area contributed by atoms with Gasteiger partial charge in [-0.15, -0.1) is 5.11 Å². The quantitative estimate of drug-likeness (QED) is 0.255. The number of nitrogens with zero attached hydrogens (tertiary/aromatic N) is 1. The number of phenolic OH excluding ortho intramolecular Hbond substituents is 1. The molecule has 0 saturated carbocycles. The third kappa shape index (κ3) is 1.87. The Balaban J connectivity index is 3.03. The number of phenols is 1. The molecule has 0 aliphatic heterocycles. The van der Waals surface area contributed by atoms with Crippen LogP contribution in [0.4, 0.5) is 5.69 Å². The van der Waals surface area contributed by atoms with Gasteiger partial charge >= 0.3 is 0 Å². The van der Waals surface area contributed by atoms with E-state index in [9.17, 15) is 5.11 Å². The summed E-state index contributed by atoms with van der Waals surface area (Å²) < 4.78 is 0. The van der Waals surface area contributed by atoms with Crippen molar-refractivity contribution in [1.29, 1.82) is 0 Å². The van der Waals surface area contributed by atoms with Gasteiger partial charge in [0.05, 0.1) is 5.69 Å². The summed E-state index contributed by atoms with van der Waals surface area (Å²) in [5.74, 6) is 0.568. The summed E-state index contributed by atoms with van der Waals surface area (Å²) in [5, 5.41) is 15.2. The monoisotopic (exact) mass is 182 g/mol. The maximum atomic E-state index is 9.22. The van der Waals surface area contributed by atoms with Crippen molar-refractivity contribution in [3.8, 4) is 11.5 Å². The predicted molar refractivity (Wildman–Crippen MR) is 47.2 cm³/mol. The lowest BCUT2D eigenvalue weighted by atomic mass is 10.2. The highest BCUT2D eigenvalue weighted by molar-refractivity contribution is 5.62. The van der Waals surface area contributed by atoms with Crippen LogP contribution in [0.15, 0.2) is 17.4 Å². The second kappa shape index (κ2) is 3.75. The molecule has 0 atom stereocenters. The van der Waals surface area contributed by atoms with Gasteiger partial charge in [0.25, 0.3) is 0 Å². The van der Waals surface area contributed by atoms with Gasteiger partial charge in [0.15, 0.2) is 18.1 Å². The Hall–Kier alpha value is -1.78. The molecule has 5 nitrogen and oxygen atoms in total. The summed E-state index contributed by atoms with van der Waals surface area (Å²) in [7, 11) is 1.62. The molecule has 13 heavy (non-hydrogen) atoms. The molecule has 0 unspecified atom stereocenters. The van der Waals surface area contributed by atoms with Crippen LogP contribution in [-0.2, 0) is 0 Å². The van der Waals surface area contributed by atoms with E-state index in [1.54, 1.807) is 20.0 Å². The van der Waals surface area contributed by atoms with Crippen LogP contribution in [0, 0.1) is 6.92 Å². The lowest BCUT2D eigenvalue weighted by Gasteiger charge is -2.05. The minimum Gasteiger partial charge on any atom is -0.506 e. The van der Waals surface area contributed by atoms with Crippen molar-refractivity contribution in [3.05, 3.63) is 17.7 Å². The number of anilines is 1. The van der Waals surface area contributed by atoms with Crippen LogP contribution >= 0.6 is 0 Å². The molecule has 0 aliphatic carbocycles.